The van der Waals surface area contributed by atoms with Crippen LogP contribution in [-0.4, -0.2) is 11.8 Å². The summed E-state index contributed by atoms with van der Waals surface area (Å²) in [6.07, 6.45) is 0. The molecule has 68 valence electrons. The number of halogens is 1. The number of rotatable bonds is 1. The molecule has 0 saturated carbocycles. The zero-order valence-corrected chi connectivity index (χ0v) is 8.68. The van der Waals surface area contributed by atoms with Crippen LogP contribution >= 0.6 is 15.9 Å². The van der Waals surface area contributed by atoms with E-state index >= 15 is 0 Å². The maximum atomic E-state index is 7.47. The van der Waals surface area contributed by atoms with E-state index in [1.165, 1.54) is 6.92 Å². The van der Waals surface area contributed by atoms with Crippen LogP contribution in [0.4, 0.5) is 0 Å². The Labute approximate surface area is 84.9 Å². The molecule has 13 heavy (non-hydrogen) atoms. The van der Waals surface area contributed by atoms with E-state index in [0.717, 1.165) is 4.47 Å². The van der Waals surface area contributed by atoms with Gasteiger partial charge in [-0.1, -0.05) is 22.0 Å². The predicted molar refractivity (Wildman–Crippen MR) is 55.5 cm³/mol. The highest BCUT2D eigenvalue weighted by Gasteiger charge is 2.03. The van der Waals surface area contributed by atoms with Gasteiger partial charge in [-0.05, 0) is 18.2 Å². The molecule has 1 aromatic rings. The second-order valence-electron chi connectivity index (χ2n) is 2.50. The van der Waals surface area contributed by atoms with Crippen molar-refractivity contribution in [2.45, 2.75) is 6.92 Å². The van der Waals surface area contributed by atoms with Crippen molar-refractivity contribution in [1.82, 2.24) is 0 Å². The van der Waals surface area contributed by atoms with Crippen molar-refractivity contribution in [3.8, 4) is 0 Å². The second kappa shape index (κ2) is 4.18. The molecule has 0 spiro atoms. The van der Waals surface area contributed by atoms with Crippen LogP contribution in [0.3, 0.4) is 0 Å². The molecule has 0 aliphatic rings. The summed E-state index contributed by atoms with van der Waals surface area (Å²) >= 11 is 3.29. The van der Waals surface area contributed by atoms with E-state index in [-0.39, 0.29) is 11.8 Å². The lowest BCUT2D eigenvalue weighted by molar-refractivity contribution is 0.532. The Morgan fingerprint density at radius 1 is 1.38 bits per heavy atom. The highest BCUT2D eigenvalue weighted by Crippen LogP contribution is 2.12. The fourth-order valence-electron chi connectivity index (χ4n) is 0.842. The SMILES string of the molecule is CC(=N)OC(=N)c1cccc(Br)c1. The second-order valence-corrected chi connectivity index (χ2v) is 3.41. The molecule has 0 bridgehead atoms. The molecule has 3 nitrogen and oxygen atoms in total. The van der Waals surface area contributed by atoms with E-state index in [0.29, 0.717) is 5.56 Å². The van der Waals surface area contributed by atoms with Crippen molar-refractivity contribution in [2.75, 3.05) is 0 Å². The quantitative estimate of drug-likeness (QED) is 0.576. The fourth-order valence-corrected chi connectivity index (χ4v) is 1.24. The maximum Gasteiger partial charge on any atom is 0.220 e. The molecule has 0 radical (unpaired) electrons. The Balaban J connectivity index is 2.83. The van der Waals surface area contributed by atoms with Gasteiger partial charge < -0.3 is 4.74 Å². The lowest BCUT2D eigenvalue weighted by Crippen LogP contribution is -2.08. The number of hydrogen-bond donors (Lipinski definition) is 2. The summed E-state index contributed by atoms with van der Waals surface area (Å²) in [7, 11) is 0. The zero-order valence-electron chi connectivity index (χ0n) is 7.10. The van der Waals surface area contributed by atoms with E-state index in [2.05, 4.69) is 15.9 Å². The molecular weight excluding hydrogens is 232 g/mol. The molecule has 1 rings (SSSR count). The predicted octanol–water partition coefficient (Wildman–Crippen LogP) is 2.79. The van der Waals surface area contributed by atoms with Crippen LogP contribution < -0.4 is 0 Å². The first-order valence-corrected chi connectivity index (χ1v) is 4.46. The summed E-state index contributed by atoms with van der Waals surface area (Å²) < 4.78 is 5.73. The first kappa shape index (κ1) is 9.92. The van der Waals surface area contributed by atoms with Crippen LogP contribution in [0, 0.1) is 10.8 Å². The van der Waals surface area contributed by atoms with E-state index < -0.39 is 0 Å². The molecule has 0 amide bonds. The third-order valence-electron chi connectivity index (χ3n) is 1.34. The van der Waals surface area contributed by atoms with Crippen molar-refractivity contribution in [3.63, 3.8) is 0 Å². The molecule has 0 aromatic heterocycles. The number of ether oxygens (including phenoxy) is 1. The first-order chi connectivity index (χ1) is 6.09. The molecule has 0 aliphatic carbocycles. The normalized spacial score (nSPS) is 9.38. The Hall–Kier alpha value is -1.16. The summed E-state index contributed by atoms with van der Waals surface area (Å²) in [5.74, 6) is 0.0128. The van der Waals surface area contributed by atoms with Crippen molar-refractivity contribution in [1.29, 1.82) is 10.8 Å². The molecule has 4 heteroatoms. The van der Waals surface area contributed by atoms with Crippen molar-refractivity contribution in [2.24, 2.45) is 0 Å². The summed E-state index contributed by atoms with van der Waals surface area (Å²) in [5.41, 5.74) is 0.654. The summed E-state index contributed by atoms with van der Waals surface area (Å²) in [4.78, 5) is 0. The summed E-state index contributed by atoms with van der Waals surface area (Å²) in [6.45, 7) is 1.49. The topological polar surface area (TPSA) is 56.9 Å². The lowest BCUT2D eigenvalue weighted by atomic mass is 10.2. The minimum absolute atomic E-state index is 0.00574. The molecule has 0 fully saturated rings. The molecule has 0 atom stereocenters. The Kier molecular flexibility index (Phi) is 3.19. The summed E-state index contributed by atoms with van der Waals surface area (Å²) in [5, 5.41) is 14.5. The molecular formula is C9H9BrN2O. The Morgan fingerprint density at radius 2 is 2.08 bits per heavy atom. The first-order valence-electron chi connectivity index (χ1n) is 3.67. The van der Waals surface area contributed by atoms with Gasteiger partial charge in [0.25, 0.3) is 0 Å². The fraction of sp³-hybridized carbons (Fsp3) is 0.111. The number of hydrogen-bond acceptors (Lipinski definition) is 3. The third kappa shape index (κ3) is 2.99. The zero-order chi connectivity index (χ0) is 9.84. The molecule has 1 aromatic carbocycles. The molecule has 0 saturated heterocycles. The van der Waals surface area contributed by atoms with Gasteiger partial charge in [0, 0.05) is 17.0 Å². The molecule has 0 aliphatic heterocycles. The van der Waals surface area contributed by atoms with Gasteiger partial charge in [-0.3, -0.25) is 10.8 Å². The highest BCUT2D eigenvalue weighted by atomic mass is 79.9. The van der Waals surface area contributed by atoms with Crippen LogP contribution in [-0.2, 0) is 4.74 Å². The molecule has 2 N–H and O–H groups in total. The van der Waals surface area contributed by atoms with E-state index in [1.54, 1.807) is 12.1 Å². The van der Waals surface area contributed by atoms with Crippen LogP contribution in [0.2, 0.25) is 0 Å². The average Bonchev–Trinajstić information content (AvgIpc) is 2.03. The van der Waals surface area contributed by atoms with Gasteiger partial charge in [-0.2, -0.15) is 0 Å². The van der Waals surface area contributed by atoms with E-state index in [1.807, 2.05) is 12.1 Å². The van der Waals surface area contributed by atoms with Crippen molar-refractivity contribution in [3.05, 3.63) is 34.3 Å². The lowest BCUT2D eigenvalue weighted by Gasteiger charge is -2.04. The van der Waals surface area contributed by atoms with Crippen LogP contribution in [0.5, 0.6) is 0 Å². The van der Waals surface area contributed by atoms with Gasteiger partial charge in [0.05, 0.1) is 0 Å². The average molecular weight is 241 g/mol. The maximum absolute atomic E-state index is 7.47. The molecule has 0 heterocycles. The Morgan fingerprint density at radius 3 is 2.62 bits per heavy atom. The van der Waals surface area contributed by atoms with Gasteiger partial charge in [0.15, 0.2) is 5.90 Å². The number of nitrogens with one attached hydrogen (secondary N) is 2. The smallest absolute Gasteiger partial charge is 0.220 e. The van der Waals surface area contributed by atoms with Gasteiger partial charge in [0.2, 0.25) is 5.90 Å². The van der Waals surface area contributed by atoms with Gasteiger partial charge >= 0.3 is 0 Å². The van der Waals surface area contributed by atoms with Gasteiger partial charge in [-0.15, -0.1) is 0 Å². The Bertz CT molecular complexity index is 349. The molecule has 0 unspecified atom stereocenters. The van der Waals surface area contributed by atoms with E-state index in [4.69, 9.17) is 15.6 Å². The number of benzene rings is 1. The minimum Gasteiger partial charge on any atom is -0.426 e. The highest BCUT2D eigenvalue weighted by molar-refractivity contribution is 9.10. The van der Waals surface area contributed by atoms with Crippen LogP contribution in [0.15, 0.2) is 28.7 Å². The van der Waals surface area contributed by atoms with Crippen LogP contribution in [0.25, 0.3) is 0 Å². The third-order valence-corrected chi connectivity index (χ3v) is 1.84. The van der Waals surface area contributed by atoms with Crippen molar-refractivity contribution >= 4 is 27.7 Å². The standard InChI is InChI=1S/C9H9BrN2O/c1-6(11)13-9(12)7-3-2-4-8(10)5-7/h2-5,11-12H,1H3. The van der Waals surface area contributed by atoms with Crippen LogP contribution in [0.1, 0.15) is 12.5 Å². The van der Waals surface area contributed by atoms with Crippen molar-refractivity contribution < 1.29 is 4.74 Å². The summed E-state index contributed by atoms with van der Waals surface area (Å²) in [6, 6.07) is 7.21. The van der Waals surface area contributed by atoms with Gasteiger partial charge in [0.1, 0.15) is 0 Å². The minimum atomic E-state index is -0.00574. The largest absolute Gasteiger partial charge is 0.426 e. The monoisotopic (exact) mass is 240 g/mol. The van der Waals surface area contributed by atoms with E-state index in [9.17, 15) is 0 Å². The van der Waals surface area contributed by atoms with Gasteiger partial charge in [-0.25, -0.2) is 0 Å².